The van der Waals surface area contributed by atoms with Gasteiger partial charge in [0.05, 0.1) is 5.92 Å². The number of amides is 2. The number of nitrogens with one attached hydrogen (secondary N) is 2. The van der Waals surface area contributed by atoms with E-state index in [9.17, 15) is 9.59 Å². The van der Waals surface area contributed by atoms with Crippen molar-refractivity contribution in [3.05, 3.63) is 0 Å². The van der Waals surface area contributed by atoms with Gasteiger partial charge in [-0.05, 0) is 38.8 Å². The maximum atomic E-state index is 12.2. The van der Waals surface area contributed by atoms with Crippen molar-refractivity contribution in [3.63, 3.8) is 0 Å². The van der Waals surface area contributed by atoms with Gasteiger partial charge in [-0.15, -0.1) is 12.4 Å². The number of likely N-dealkylation sites (tertiary alicyclic amines) is 1. The number of hydrogen-bond donors (Lipinski definition) is 2. The van der Waals surface area contributed by atoms with Gasteiger partial charge in [0.2, 0.25) is 11.8 Å². The van der Waals surface area contributed by atoms with Crippen LogP contribution < -0.4 is 10.6 Å². The maximum Gasteiger partial charge on any atom is 0.227 e. The van der Waals surface area contributed by atoms with Crippen molar-refractivity contribution in [2.75, 3.05) is 33.2 Å². The number of nitrogens with zero attached hydrogens (tertiary/aromatic N) is 1. The second-order valence-corrected chi connectivity index (χ2v) is 5.37. The third-order valence-corrected chi connectivity index (χ3v) is 4.06. The smallest absolute Gasteiger partial charge is 0.227 e. The Morgan fingerprint density at radius 2 is 2.11 bits per heavy atom. The lowest BCUT2D eigenvalue weighted by molar-refractivity contribution is -0.137. The lowest BCUT2D eigenvalue weighted by Gasteiger charge is -2.33. The van der Waals surface area contributed by atoms with Crippen LogP contribution in [0.4, 0.5) is 0 Å². The molecule has 2 aliphatic heterocycles. The van der Waals surface area contributed by atoms with E-state index >= 15 is 0 Å². The van der Waals surface area contributed by atoms with E-state index in [1.54, 1.807) is 0 Å². The molecule has 110 valence electrons. The van der Waals surface area contributed by atoms with Crippen LogP contribution >= 0.6 is 12.4 Å². The van der Waals surface area contributed by atoms with Gasteiger partial charge in [0.1, 0.15) is 0 Å². The first-order chi connectivity index (χ1) is 8.70. The van der Waals surface area contributed by atoms with Gasteiger partial charge in [0.25, 0.3) is 0 Å². The van der Waals surface area contributed by atoms with E-state index in [2.05, 4.69) is 10.6 Å². The number of halogens is 1. The monoisotopic (exact) mass is 289 g/mol. The summed E-state index contributed by atoms with van der Waals surface area (Å²) >= 11 is 0. The molecule has 2 saturated heterocycles. The summed E-state index contributed by atoms with van der Waals surface area (Å²) in [7, 11) is 1.97. The van der Waals surface area contributed by atoms with Gasteiger partial charge in [-0.25, -0.2) is 0 Å². The number of piperidine rings is 1. The molecule has 0 aromatic rings. The third-order valence-electron chi connectivity index (χ3n) is 4.06. The Labute approximate surface area is 120 Å². The van der Waals surface area contributed by atoms with Crippen molar-refractivity contribution in [2.45, 2.75) is 25.7 Å². The van der Waals surface area contributed by atoms with E-state index in [0.29, 0.717) is 13.0 Å². The van der Waals surface area contributed by atoms with Gasteiger partial charge in [0, 0.05) is 26.1 Å². The normalized spacial score (nSPS) is 23.9. The van der Waals surface area contributed by atoms with Gasteiger partial charge in [-0.2, -0.15) is 0 Å². The molecule has 0 aromatic carbocycles. The molecule has 2 fully saturated rings. The molecule has 0 aliphatic carbocycles. The molecule has 2 N–H and O–H groups in total. The number of carbonyl (C=O) groups excluding carboxylic acids is 2. The van der Waals surface area contributed by atoms with Crippen molar-refractivity contribution in [1.29, 1.82) is 0 Å². The van der Waals surface area contributed by atoms with Crippen LogP contribution in [0.3, 0.4) is 0 Å². The van der Waals surface area contributed by atoms with Crippen LogP contribution in [-0.2, 0) is 9.59 Å². The zero-order chi connectivity index (χ0) is 13.0. The summed E-state index contributed by atoms with van der Waals surface area (Å²) in [6.07, 6.45) is 3.77. The number of rotatable bonds is 4. The molecule has 0 spiro atoms. The summed E-state index contributed by atoms with van der Waals surface area (Å²) in [5, 5.41) is 5.90. The first-order valence-electron chi connectivity index (χ1n) is 6.90. The summed E-state index contributed by atoms with van der Waals surface area (Å²) in [5.74, 6) is 0.800. The highest BCUT2D eigenvalue weighted by Gasteiger charge is 2.32. The maximum absolute atomic E-state index is 12.2. The number of carbonyl (C=O) groups is 2. The third kappa shape index (κ3) is 4.35. The molecule has 19 heavy (non-hydrogen) atoms. The molecule has 0 bridgehead atoms. The first kappa shape index (κ1) is 16.2. The molecular formula is C13H24ClN3O2. The van der Waals surface area contributed by atoms with Crippen LogP contribution in [0.1, 0.15) is 25.7 Å². The highest BCUT2D eigenvalue weighted by atomic mass is 35.5. The van der Waals surface area contributed by atoms with Crippen molar-refractivity contribution in [3.8, 4) is 0 Å². The van der Waals surface area contributed by atoms with Crippen molar-refractivity contribution < 1.29 is 9.59 Å². The van der Waals surface area contributed by atoms with Gasteiger partial charge in [-0.1, -0.05) is 0 Å². The summed E-state index contributed by atoms with van der Waals surface area (Å²) in [6, 6.07) is 0. The summed E-state index contributed by atoms with van der Waals surface area (Å²) in [6.45, 7) is 3.30. The fourth-order valence-electron chi connectivity index (χ4n) is 2.83. The molecule has 2 amide bonds. The minimum Gasteiger partial charge on any atom is -0.355 e. The second-order valence-electron chi connectivity index (χ2n) is 5.37. The topological polar surface area (TPSA) is 61.4 Å². The molecule has 5 nitrogen and oxygen atoms in total. The minimum absolute atomic E-state index is 0. The standard InChI is InChI=1S/C13H23N3O2.ClH/c1-14-5-2-10-3-6-16(7-4-10)13(18)11-8-12(17)15-9-11;/h10-11,14H,2-9H2,1H3,(H,15,17);1H. The molecule has 2 rings (SSSR count). The predicted octanol–water partition coefficient (Wildman–Crippen LogP) is 0.392. The van der Waals surface area contributed by atoms with Crippen LogP contribution in [0.15, 0.2) is 0 Å². The molecule has 1 atom stereocenters. The Bertz CT molecular complexity index is 317. The van der Waals surface area contributed by atoms with Gasteiger partial charge in [-0.3, -0.25) is 9.59 Å². The van der Waals surface area contributed by atoms with E-state index < -0.39 is 0 Å². The molecule has 0 radical (unpaired) electrons. The zero-order valence-electron chi connectivity index (χ0n) is 11.5. The van der Waals surface area contributed by atoms with Crippen molar-refractivity contribution in [1.82, 2.24) is 15.5 Å². The molecule has 1 unspecified atom stereocenters. The van der Waals surface area contributed by atoms with Crippen LogP contribution in [0.25, 0.3) is 0 Å². The van der Waals surface area contributed by atoms with Gasteiger partial charge < -0.3 is 15.5 Å². The summed E-state index contributed by atoms with van der Waals surface area (Å²) < 4.78 is 0. The molecule has 0 aromatic heterocycles. The lowest BCUT2D eigenvalue weighted by Crippen LogP contribution is -2.42. The second kappa shape index (κ2) is 7.70. The largest absolute Gasteiger partial charge is 0.355 e. The molecule has 2 heterocycles. The fourth-order valence-corrected chi connectivity index (χ4v) is 2.83. The summed E-state index contributed by atoms with van der Waals surface area (Å²) in [5.41, 5.74) is 0. The van der Waals surface area contributed by atoms with E-state index in [1.807, 2.05) is 11.9 Å². The Balaban J connectivity index is 0.00000180. The molecule has 2 aliphatic rings. The van der Waals surface area contributed by atoms with Crippen LogP contribution in [-0.4, -0.2) is 49.9 Å². The molecule has 0 saturated carbocycles. The quantitative estimate of drug-likeness (QED) is 0.787. The fraction of sp³-hybridized carbons (Fsp3) is 0.846. The molecule has 6 heteroatoms. The van der Waals surface area contributed by atoms with Gasteiger partial charge >= 0.3 is 0 Å². The van der Waals surface area contributed by atoms with E-state index in [1.165, 1.54) is 6.42 Å². The zero-order valence-corrected chi connectivity index (χ0v) is 12.3. The SMILES string of the molecule is CNCCC1CCN(C(=O)C2CNC(=O)C2)CC1.Cl. The Hall–Kier alpha value is -0.810. The average Bonchev–Trinajstić information content (AvgIpc) is 2.83. The minimum atomic E-state index is -0.119. The van der Waals surface area contributed by atoms with E-state index in [-0.39, 0.29) is 30.1 Å². The predicted molar refractivity (Wildman–Crippen MR) is 76.2 cm³/mol. The Morgan fingerprint density at radius 1 is 1.42 bits per heavy atom. The van der Waals surface area contributed by atoms with Crippen LogP contribution in [0.5, 0.6) is 0 Å². The lowest BCUT2D eigenvalue weighted by atomic mass is 9.92. The highest BCUT2D eigenvalue weighted by Crippen LogP contribution is 2.22. The average molecular weight is 290 g/mol. The summed E-state index contributed by atoms with van der Waals surface area (Å²) in [4.78, 5) is 25.3. The highest BCUT2D eigenvalue weighted by molar-refractivity contribution is 5.89. The Morgan fingerprint density at radius 3 is 2.63 bits per heavy atom. The van der Waals surface area contributed by atoms with Crippen LogP contribution in [0.2, 0.25) is 0 Å². The molecular weight excluding hydrogens is 266 g/mol. The van der Waals surface area contributed by atoms with Gasteiger partial charge in [0.15, 0.2) is 0 Å². The van der Waals surface area contributed by atoms with Crippen LogP contribution in [0, 0.1) is 11.8 Å². The number of hydrogen-bond acceptors (Lipinski definition) is 3. The van der Waals surface area contributed by atoms with E-state index in [4.69, 9.17) is 0 Å². The Kier molecular flexibility index (Phi) is 6.58. The van der Waals surface area contributed by atoms with Crippen molar-refractivity contribution >= 4 is 24.2 Å². The first-order valence-corrected chi connectivity index (χ1v) is 6.90. The van der Waals surface area contributed by atoms with Crippen molar-refractivity contribution in [2.24, 2.45) is 11.8 Å². The van der Waals surface area contributed by atoms with E-state index in [0.717, 1.165) is 38.4 Å².